The van der Waals surface area contributed by atoms with Gasteiger partial charge in [-0.3, -0.25) is 0 Å². The number of fused-ring (bicyclic) bond motifs is 1. The summed E-state index contributed by atoms with van der Waals surface area (Å²) in [5.74, 6) is 1.07. The summed E-state index contributed by atoms with van der Waals surface area (Å²) >= 11 is 0. The van der Waals surface area contributed by atoms with Crippen LogP contribution in [0.25, 0.3) is 11.2 Å². The van der Waals surface area contributed by atoms with Gasteiger partial charge < -0.3 is 9.30 Å². The molecule has 118 valence electrons. The van der Waals surface area contributed by atoms with E-state index in [0.29, 0.717) is 0 Å². The number of hydrogen-bond acceptors (Lipinski definition) is 3. The summed E-state index contributed by atoms with van der Waals surface area (Å²) in [6.07, 6.45) is 5.22. The van der Waals surface area contributed by atoms with Crippen molar-refractivity contribution in [1.29, 1.82) is 0 Å². The third kappa shape index (κ3) is 2.99. The molecule has 4 heteroatoms. The minimum absolute atomic E-state index is 0.283. The first-order valence-corrected chi connectivity index (χ1v) is 8.27. The molecular weight excluding hydrogens is 286 g/mol. The number of imidazole rings is 1. The smallest absolute Gasteiger partial charge is 0.160 e. The molecule has 0 saturated carbocycles. The molecule has 1 fully saturated rings. The average molecular weight is 307 g/mol. The summed E-state index contributed by atoms with van der Waals surface area (Å²) in [7, 11) is 0. The maximum absolute atomic E-state index is 5.82. The zero-order chi connectivity index (χ0) is 15.6. The quantitative estimate of drug-likeness (QED) is 0.740. The molecule has 0 amide bonds. The molecule has 0 spiro atoms. The first-order valence-electron chi connectivity index (χ1n) is 8.27. The van der Waals surface area contributed by atoms with Crippen molar-refractivity contribution in [2.45, 2.75) is 38.8 Å². The van der Waals surface area contributed by atoms with Gasteiger partial charge in [-0.1, -0.05) is 29.8 Å². The highest BCUT2D eigenvalue weighted by atomic mass is 16.5. The lowest BCUT2D eigenvalue weighted by molar-refractivity contribution is 0.0971. The lowest BCUT2D eigenvalue weighted by Crippen LogP contribution is -2.17. The van der Waals surface area contributed by atoms with Gasteiger partial charge in [-0.15, -0.1) is 0 Å². The number of pyridine rings is 1. The van der Waals surface area contributed by atoms with E-state index in [0.717, 1.165) is 49.4 Å². The van der Waals surface area contributed by atoms with E-state index in [2.05, 4.69) is 40.7 Å². The molecule has 0 aliphatic carbocycles. The van der Waals surface area contributed by atoms with Gasteiger partial charge in [-0.25, -0.2) is 9.97 Å². The van der Waals surface area contributed by atoms with E-state index in [9.17, 15) is 0 Å². The molecule has 0 N–H and O–H groups in total. The Morgan fingerprint density at radius 2 is 2.22 bits per heavy atom. The molecule has 1 saturated heterocycles. The van der Waals surface area contributed by atoms with E-state index >= 15 is 0 Å². The summed E-state index contributed by atoms with van der Waals surface area (Å²) in [4.78, 5) is 9.37. The zero-order valence-corrected chi connectivity index (χ0v) is 13.4. The van der Waals surface area contributed by atoms with E-state index < -0.39 is 0 Å². The average Bonchev–Trinajstić information content (AvgIpc) is 3.17. The van der Waals surface area contributed by atoms with Crippen LogP contribution in [0.3, 0.4) is 0 Å². The zero-order valence-electron chi connectivity index (χ0n) is 13.4. The van der Waals surface area contributed by atoms with E-state index in [1.165, 1.54) is 11.1 Å². The van der Waals surface area contributed by atoms with Crippen LogP contribution in [0.1, 0.15) is 29.8 Å². The van der Waals surface area contributed by atoms with Crippen molar-refractivity contribution in [3.8, 4) is 0 Å². The number of rotatable bonds is 4. The Labute approximate surface area is 136 Å². The lowest BCUT2D eigenvalue weighted by atomic mass is 10.1. The van der Waals surface area contributed by atoms with Crippen LogP contribution in [-0.2, 0) is 17.7 Å². The van der Waals surface area contributed by atoms with Crippen molar-refractivity contribution in [2.75, 3.05) is 6.61 Å². The topological polar surface area (TPSA) is 39.9 Å². The number of aromatic nitrogens is 3. The fourth-order valence-electron chi connectivity index (χ4n) is 3.33. The van der Waals surface area contributed by atoms with Crippen molar-refractivity contribution in [1.82, 2.24) is 14.5 Å². The highest BCUT2D eigenvalue weighted by molar-refractivity contribution is 5.71. The second kappa shape index (κ2) is 6.13. The van der Waals surface area contributed by atoms with Crippen LogP contribution in [0.15, 0.2) is 42.6 Å². The van der Waals surface area contributed by atoms with Crippen LogP contribution in [0.4, 0.5) is 0 Å². The molecule has 4 rings (SSSR count). The number of benzene rings is 1. The van der Waals surface area contributed by atoms with E-state index in [1.807, 2.05) is 18.3 Å². The summed E-state index contributed by atoms with van der Waals surface area (Å²) < 4.78 is 8.07. The van der Waals surface area contributed by atoms with Crippen LogP contribution in [0, 0.1) is 6.92 Å². The number of hydrogen-bond donors (Lipinski definition) is 0. The second-order valence-corrected chi connectivity index (χ2v) is 6.29. The summed E-state index contributed by atoms with van der Waals surface area (Å²) in [6, 6.07) is 12.6. The molecule has 0 radical (unpaired) electrons. The highest BCUT2D eigenvalue weighted by Crippen LogP contribution is 2.21. The SMILES string of the molecule is Cc1cccc(Cc2nc3cccnc3n2CC2CCCO2)c1. The van der Waals surface area contributed by atoms with Crippen molar-refractivity contribution >= 4 is 11.2 Å². The highest BCUT2D eigenvalue weighted by Gasteiger charge is 2.20. The monoisotopic (exact) mass is 307 g/mol. The van der Waals surface area contributed by atoms with Gasteiger partial charge in [0.05, 0.1) is 12.6 Å². The molecular formula is C19H21N3O. The molecule has 4 nitrogen and oxygen atoms in total. The Morgan fingerprint density at radius 3 is 3.04 bits per heavy atom. The van der Waals surface area contributed by atoms with E-state index in [1.54, 1.807) is 0 Å². The van der Waals surface area contributed by atoms with Crippen LogP contribution in [0.5, 0.6) is 0 Å². The van der Waals surface area contributed by atoms with Gasteiger partial charge in [-0.05, 0) is 37.5 Å². The minimum Gasteiger partial charge on any atom is -0.376 e. The predicted octanol–water partition coefficient (Wildman–Crippen LogP) is 3.51. The Kier molecular flexibility index (Phi) is 3.83. The van der Waals surface area contributed by atoms with E-state index in [4.69, 9.17) is 9.72 Å². The van der Waals surface area contributed by atoms with Crippen LogP contribution >= 0.6 is 0 Å². The molecule has 0 bridgehead atoms. The third-order valence-corrected chi connectivity index (χ3v) is 4.44. The lowest BCUT2D eigenvalue weighted by Gasteiger charge is -2.14. The predicted molar refractivity (Wildman–Crippen MR) is 90.5 cm³/mol. The maximum atomic E-state index is 5.82. The van der Waals surface area contributed by atoms with Gasteiger partial charge in [0, 0.05) is 19.2 Å². The Morgan fingerprint density at radius 1 is 1.26 bits per heavy atom. The molecule has 3 aromatic rings. The molecule has 1 aromatic carbocycles. The van der Waals surface area contributed by atoms with Gasteiger partial charge >= 0.3 is 0 Å². The van der Waals surface area contributed by atoms with Crippen molar-refractivity contribution < 1.29 is 4.74 Å². The normalized spacial score (nSPS) is 17.9. The van der Waals surface area contributed by atoms with Gasteiger partial charge in [0.1, 0.15) is 11.3 Å². The third-order valence-electron chi connectivity index (χ3n) is 4.44. The van der Waals surface area contributed by atoms with Crippen molar-refractivity contribution in [3.05, 3.63) is 59.5 Å². The van der Waals surface area contributed by atoms with Gasteiger partial charge in [0.25, 0.3) is 0 Å². The molecule has 1 unspecified atom stereocenters. The van der Waals surface area contributed by atoms with Crippen molar-refractivity contribution in [3.63, 3.8) is 0 Å². The number of nitrogens with zero attached hydrogens (tertiary/aromatic N) is 3. The standard InChI is InChI=1S/C19H21N3O/c1-14-5-2-6-15(11-14)12-18-21-17-8-3-9-20-19(17)22(18)13-16-7-4-10-23-16/h2-3,5-6,8-9,11,16H,4,7,10,12-13H2,1H3. The Bertz CT molecular complexity index is 818. The molecule has 1 aliphatic rings. The van der Waals surface area contributed by atoms with E-state index in [-0.39, 0.29) is 6.10 Å². The molecule has 2 aromatic heterocycles. The summed E-state index contributed by atoms with van der Waals surface area (Å²) in [5, 5.41) is 0. The first kappa shape index (κ1) is 14.4. The minimum atomic E-state index is 0.283. The van der Waals surface area contributed by atoms with Crippen LogP contribution in [-0.4, -0.2) is 27.2 Å². The Balaban J connectivity index is 1.72. The van der Waals surface area contributed by atoms with Crippen molar-refractivity contribution in [2.24, 2.45) is 0 Å². The maximum Gasteiger partial charge on any atom is 0.160 e. The molecule has 23 heavy (non-hydrogen) atoms. The summed E-state index contributed by atoms with van der Waals surface area (Å²) in [5.41, 5.74) is 4.50. The second-order valence-electron chi connectivity index (χ2n) is 6.29. The fourth-order valence-corrected chi connectivity index (χ4v) is 3.33. The molecule has 3 heterocycles. The largest absolute Gasteiger partial charge is 0.376 e. The molecule has 1 aliphatic heterocycles. The first-order chi connectivity index (χ1) is 11.3. The van der Waals surface area contributed by atoms with Gasteiger partial charge in [-0.2, -0.15) is 0 Å². The summed E-state index contributed by atoms with van der Waals surface area (Å²) in [6.45, 7) is 3.84. The number of aryl methyl sites for hydroxylation is 1. The van der Waals surface area contributed by atoms with Gasteiger partial charge in [0.15, 0.2) is 5.65 Å². The number of ether oxygens (including phenoxy) is 1. The molecule has 1 atom stereocenters. The van der Waals surface area contributed by atoms with Gasteiger partial charge in [0.2, 0.25) is 0 Å². The van der Waals surface area contributed by atoms with Crippen LogP contribution in [0.2, 0.25) is 0 Å². The van der Waals surface area contributed by atoms with Crippen LogP contribution < -0.4 is 0 Å². The fraction of sp³-hybridized carbons (Fsp3) is 0.368. The Hall–Kier alpha value is -2.20.